The fourth-order valence-corrected chi connectivity index (χ4v) is 1.97. The van der Waals surface area contributed by atoms with Crippen LogP contribution in [0.4, 0.5) is 0 Å². The minimum Gasteiger partial charge on any atom is -0.493 e. The van der Waals surface area contributed by atoms with Gasteiger partial charge in [-0.1, -0.05) is 6.07 Å². The molecular weight excluding hydrogens is 256 g/mol. The molecule has 5 heteroatoms. The van der Waals surface area contributed by atoms with E-state index in [9.17, 15) is 4.79 Å². The summed E-state index contributed by atoms with van der Waals surface area (Å²) < 4.78 is 10.5. The maximum Gasteiger partial charge on any atom is 0.220 e. The van der Waals surface area contributed by atoms with Crippen molar-refractivity contribution in [2.45, 2.75) is 32.2 Å². The van der Waals surface area contributed by atoms with Crippen LogP contribution in [0, 0.1) is 0 Å². The minimum absolute atomic E-state index is 0.00441. The van der Waals surface area contributed by atoms with Crippen molar-refractivity contribution in [3.63, 3.8) is 0 Å². The molecule has 20 heavy (non-hydrogen) atoms. The highest BCUT2D eigenvalue weighted by Crippen LogP contribution is 2.32. The lowest BCUT2D eigenvalue weighted by atomic mass is 9.93. The Morgan fingerprint density at radius 2 is 1.90 bits per heavy atom. The molecular formula is C15H24N2O3. The van der Waals surface area contributed by atoms with E-state index in [-0.39, 0.29) is 5.91 Å². The van der Waals surface area contributed by atoms with E-state index in [4.69, 9.17) is 15.2 Å². The van der Waals surface area contributed by atoms with Crippen LogP contribution in [0.2, 0.25) is 0 Å². The van der Waals surface area contributed by atoms with E-state index in [0.29, 0.717) is 30.9 Å². The van der Waals surface area contributed by atoms with Crippen molar-refractivity contribution < 1.29 is 14.3 Å². The van der Waals surface area contributed by atoms with E-state index in [1.807, 2.05) is 32.0 Å². The van der Waals surface area contributed by atoms with Gasteiger partial charge >= 0.3 is 0 Å². The number of carbonyl (C=O) groups is 1. The molecule has 0 aliphatic rings. The van der Waals surface area contributed by atoms with Gasteiger partial charge < -0.3 is 20.5 Å². The number of ether oxygens (including phenoxy) is 2. The molecule has 0 unspecified atom stereocenters. The molecule has 0 bridgehead atoms. The van der Waals surface area contributed by atoms with E-state index >= 15 is 0 Å². The fourth-order valence-electron chi connectivity index (χ4n) is 1.97. The van der Waals surface area contributed by atoms with Crippen molar-refractivity contribution in [1.82, 2.24) is 5.32 Å². The third-order valence-corrected chi connectivity index (χ3v) is 3.17. The molecule has 0 aliphatic carbocycles. The van der Waals surface area contributed by atoms with Gasteiger partial charge in [-0.15, -0.1) is 0 Å². The molecule has 1 aromatic carbocycles. The molecule has 1 amide bonds. The summed E-state index contributed by atoms with van der Waals surface area (Å²) in [7, 11) is 3.19. The maximum atomic E-state index is 11.8. The minimum atomic E-state index is -0.481. The normalized spacial score (nSPS) is 11.1. The Hall–Kier alpha value is -1.75. The van der Waals surface area contributed by atoms with Crippen LogP contribution in [0.25, 0.3) is 0 Å². The highest BCUT2D eigenvalue weighted by atomic mass is 16.5. The summed E-state index contributed by atoms with van der Waals surface area (Å²) in [5, 5.41) is 3.01. The molecule has 3 N–H and O–H groups in total. The molecule has 5 nitrogen and oxygen atoms in total. The van der Waals surface area contributed by atoms with Gasteiger partial charge in [-0.05, 0) is 44.5 Å². The molecule has 112 valence electrons. The highest BCUT2D eigenvalue weighted by Gasteiger charge is 2.23. The molecule has 0 aliphatic heterocycles. The van der Waals surface area contributed by atoms with Crippen LogP contribution in [0.15, 0.2) is 18.2 Å². The lowest BCUT2D eigenvalue weighted by Crippen LogP contribution is -2.41. The average Bonchev–Trinajstić information content (AvgIpc) is 2.43. The molecule has 0 saturated heterocycles. The molecule has 0 atom stereocenters. The van der Waals surface area contributed by atoms with Crippen LogP contribution in [0.1, 0.15) is 32.3 Å². The standard InChI is InChI=1S/C15H24N2O3/c1-15(2,17-14(18)6-5-9-16)11-7-8-12(19-3)13(10-11)20-4/h7-8,10H,5-6,9,16H2,1-4H3,(H,17,18). The Balaban J connectivity index is 2.88. The van der Waals surface area contributed by atoms with Crippen LogP contribution in [0.5, 0.6) is 11.5 Å². The summed E-state index contributed by atoms with van der Waals surface area (Å²) in [5.41, 5.74) is 5.89. The number of hydrogen-bond donors (Lipinski definition) is 2. The predicted molar refractivity (Wildman–Crippen MR) is 79.0 cm³/mol. The zero-order chi connectivity index (χ0) is 15.2. The highest BCUT2D eigenvalue weighted by molar-refractivity contribution is 5.77. The van der Waals surface area contributed by atoms with Crippen LogP contribution in [-0.2, 0) is 10.3 Å². The lowest BCUT2D eigenvalue weighted by molar-refractivity contribution is -0.122. The Kier molecular flexibility index (Phi) is 5.82. The summed E-state index contributed by atoms with van der Waals surface area (Å²) in [6.07, 6.45) is 1.13. The Bertz CT molecular complexity index is 458. The molecule has 1 aromatic rings. The summed E-state index contributed by atoms with van der Waals surface area (Å²) >= 11 is 0. The van der Waals surface area contributed by atoms with Crippen molar-refractivity contribution >= 4 is 5.91 Å². The van der Waals surface area contributed by atoms with Crippen molar-refractivity contribution in [3.05, 3.63) is 23.8 Å². The van der Waals surface area contributed by atoms with E-state index in [0.717, 1.165) is 5.56 Å². The zero-order valence-electron chi connectivity index (χ0n) is 12.7. The zero-order valence-corrected chi connectivity index (χ0v) is 12.7. The van der Waals surface area contributed by atoms with Gasteiger partial charge in [-0.2, -0.15) is 0 Å². The van der Waals surface area contributed by atoms with Crippen LogP contribution in [-0.4, -0.2) is 26.7 Å². The number of nitrogens with two attached hydrogens (primary N) is 1. The quantitative estimate of drug-likeness (QED) is 0.798. The number of hydrogen-bond acceptors (Lipinski definition) is 4. The fraction of sp³-hybridized carbons (Fsp3) is 0.533. The molecule has 0 radical (unpaired) electrons. The number of amides is 1. The monoisotopic (exact) mass is 280 g/mol. The van der Waals surface area contributed by atoms with Crippen molar-refractivity contribution in [3.8, 4) is 11.5 Å². The van der Waals surface area contributed by atoms with Gasteiger partial charge in [0.25, 0.3) is 0 Å². The summed E-state index contributed by atoms with van der Waals surface area (Å²) in [5.74, 6) is 1.31. The second kappa shape index (κ2) is 7.14. The van der Waals surface area contributed by atoms with Gasteiger partial charge in [0.05, 0.1) is 19.8 Å². The molecule has 0 fully saturated rings. The second-order valence-corrected chi connectivity index (χ2v) is 5.14. The van der Waals surface area contributed by atoms with Crippen LogP contribution < -0.4 is 20.5 Å². The van der Waals surface area contributed by atoms with E-state index < -0.39 is 5.54 Å². The first-order valence-electron chi connectivity index (χ1n) is 6.68. The van der Waals surface area contributed by atoms with Gasteiger partial charge in [-0.25, -0.2) is 0 Å². The van der Waals surface area contributed by atoms with Crippen molar-refractivity contribution in [2.75, 3.05) is 20.8 Å². The topological polar surface area (TPSA) is 73.6 Å². The second-order valence-electron chi connectivity index (χ2n) is 5.14. The number of rotatable bonds is 7. The molecule has 0 heterocycles. The van der Waals surface area contributed by atoms with Gasteiger partial charge in [0.2, 0.25) is 5.91 Å². The maximum absolute atomic E-state index is 11.8. The first kappa shape index (κ1) is 16.3. The van der Waals surface area contributed by atoms with Crippen molar-refractivity contribution in [1.29, 1.82) is 0 Å². The molecule has 1 rings (SSSR count). The van der Waals surface area contributed by atoms with Gasteiger partial charge in [0.15, 0.2) is 11.5 Å². The van der Waals surface area contributed by atoms with E-state index in [2.05, 4.69) is 5.32 Å². The number of benzene rings is 1. The number of carbonyl (C=O) groups excluding carboxylic acids is 1. The predicted octanol–water partition coefficient (Wildman–Crippen LogP) is 1.79. The first-order valence-corrected chi connectivity index (χ1v) is 6.68. The van der Waals surface area contributed by atoms with Crippen molar-refractivity contribution in [2.24, 2.45) is 5.73 Å². The van der Waals surface area contributed by atoms with Gasteiger partial charge in [0.1, 0.15) is 0 Å². The van der Waals surface area contributed by atoms with E-state index in [1.165, 1.54) is 0 Å². The van der Waals surface area contributed by atoms with E-state index in [1.54, 1.807) is 14.2 Å². The Morgan fingerprint density at radius 1 is 1.25 bits per heavy atom. The van der Waals surface area contributed by atoms with Gasteiger partial charge in [-0.3, -0.25) is 4.79 Å². The molecule has 0 saturated carbocycles. The van der Waals surface area contributed by atoms with Gasteiger partial charge in [0, 0.05) is 6.42 Å². The molecule has 0 spiro atoms. The first-order chi connectivity index (χ1) is 9.44. The summed E-state index contributed by atoms with van der Waals surface area (Å²) in [4.78, 5) is 11.8. The van der Waals surface area contributed by atoms with Crippen LogP contribution >= 0.6 is 0 Å². The summed E-state index contributed by atoms with van der Waals surface area (Å²) in [6.45, 7) is 4.42. The smallest absolute Gasteiger partial charge is 0.220 e. The number of nitrogens with one attached hydrogen (secondary N) is 1. The Labute approximate surface area is 120 Å². The summed E-state index contributed by atoms with van der Waals surface area (Å²) in [6, 6.07) is 5.63. The number of methoxy groups -OCH3 is 2. The van der Waals surface area contributed by atoms with Crippen LogP contribution in [0.3, 0.4) is 0 Å². The molecule has 0 aromatic heterocycles. The Morgan fingerprint density at radius 3 is 2.45 bits per heavy atom. The largest absolute Gasteiger partial charge is 0.493 e. The third kappa shape index (κ3) is 4.13. The average molecular weight is 280 g/mol. The SMILES string of the molecule is COc1ccc(C(C)(C)NC(=O)CCCN)cc1OC. The lowest BCUT2D eigenvalue weighted by Gasteiger charge is -2.27. The third-order valence-electron chi connectivity index (χ3n) is 3.17.